The first-order valence-electron chi connectivity index (χ1n) is 8.43. The molecule has 0 aliphatic heterocycles. The summed E-state index contributed by atoms with van der Waals surface area (Å²) in [5, 5.41) is -0.984. The topological polar surface area (TPSA) is 85.7 Å². The second-order valence-corrected chi connectivity index (χ2v) is 7.85. The number of hydrogen-bond donors (Lipinski definition) is 0. The zero-order valence-electron chi connectivity index (χ0n) is 15.5. The van der Waals surface area contributed by atoms with Gasteiger partial charge in [0.1, 0.15) is 23.8 Å². The summed E-state index contributed by atoms with van der Waals surface area (Å²) < 4.78 is 79.9. The normalized spacial score (nSPS) is 11.1. The van der Waals surface area contributed by atoms with Crippen LogP contribution < -0.4 is 0 Å². The van der Waals surface area contributed by atoms with E-state index in [1.165, 1.54) is 24.3 Å². The van der Waals surface area contributed by atoms with E-state index < -0.39 is 43.7 Å². The van der Waals surface area contributed by atoms with Crippen molar-refractivity contribution >= 4 is 9.84 Å². The Morgan fingerprint density at radius 2 is 1.06 bits per heavy atom. The molecule has 164 valence electrons. The summed E-state index contributed by atoms with van der Waals surface area (Å²) in [6, 6.07) is 13.7. The van der Waals surface area contributed by atoms with Crippen LogP contribution in [-0.2, 0) is 30.9 Å². The predicted molar refractivity (Wildman–Crippen MR) is 97.9 cm³/mol. The standard InChI is InChI=1S/C20H8F4N4O2S.Pt/c21-15-9-7-11(19(23)27-15)13-3-1-5-17(25-13)31(29,30)18-6-2-4-14(26-18)12-8-10-16(22)28-20(12)24;/h1-6,9-10H;/q-2;+2. The smallest absolute Gasteiger partial charge is 0.291 e. The Kier molecular flexibility index (Phi) is 6.80. The first kappa shape index (κ1) is 23.6. The number of nitrogens with zero attached hydrogens (tertiary/aromatic N) is 4. The molecular weight excluding hydrogens is 631 g/mol. The van der Waals surface area contributed by atoms with Crippen molar-refractivity contribution in [2.45, 2.75) is 10.1 Å². The molecule has 0 atom stereocenters. The van der Waals surface area contributed by atoms with Crippen molar-refractivity contribution in [3.05, 3.63) is 84.5 Å². The minimum absolute atomic E-state index is 0. The average molecular weight is 639 g/mol. The zero-order chi connectivity index (χ0) is 22.2. The van der Waals surface area contributed by atoms with Crippen molar-refractivity contribution in [2.75, 3.05) is 0 Å². The van der Waals surface area contributed by atoms with Gasteiger partial charge in [0, 0.05) is 0 Å². The van der Waals surface area contributed by atoms with Gasteiger partial charge in [-0.2, -0.15) is 0 Å². The Morgan fingerprint density at radius 3 is 1.44 bits per heavy atom. The second-order valence-electron chi connectivity index (χ2n) is 6.00. The summed E-state index contributed by atoms with van der Waals surface area (Å²) in [6.45, 7) is 0. The quantitative estimate of drug-likeness (QED) is 0.193. The fourth-order valence-electron chi connectivity index (χ4n) is 2.62. The van der Waals surface area contributed by atoms with Crippen LogP contribution in [0.4, 0.5) is 17.6 Å². The molecule has 12 heteroatoms. The molecule has 6 nitrogen and oxygen atoms in total. The molecule has 0 saturated carbocycles. The van der Waals surface area contributed by atoms with Gasteiger partial charge in [0.05, 0.1) is 0 Å². The summed E-state index contributed by atoms with van der Waals surface area (Å²) in [7, 11) is -4.33. The largest absolute Gasteiger partial charge is 2.00 e. The van der Waals surface area contributed by atoms with Crippen LogP contribution in [0.3, 0.4) is 0 Å². The molecule has 0 N–H and O–H groups in total. The Labute approximate surface area is 193 Å². The van der Waals surface area contributed by atoms with Gasteiger partial charge in [0.15, 0.2) is 10.1 Å². The number of rotatable bonds is 4. The van der Waals surface area contributed by atoms with Crippen LogP contribution in [-0.4, -0.2) is 28.4 Å². The number of sulfone groups is 1. The molecule has 0 saturated heterocycles. The maximum atomic E-state index is 13.9. The molecule has 0 aromatic carbocycles. The molecule has 0 radical (unpaired) electrons. The minimum Gasteiger partial charge on any atom is -0.291 e. The van der Waals surface area contributed by atoms with Crippen molar-refractivity contribution in [1.82, 2.24) is 19.9 Å². The molecule has 0 bridgehead atoms. The fraction of sp³-hybridized carbons (Fsp3) is 0. The molecule has 0 amide bonds. The van der Waals surface area contributed by atoms with Crippen LogP contribution in [0.2, 0.25) is 0 Å². The Hall–Kier alpha value is -3.04. The molecule has 4 aromatic heterocycles. The molecule has 0 unspecified atom stereocenters. The van der Waals surface area contributed by atoms with Crippen molar-refractivity contribution in [3.63, 3.8) is 0 Å². The summed E-state index contributed by atoms with van der Waals surface area (Å²) in [5.74, 6) is -4.61. The summed E-state index contributed by atoms with van der Waals surface area (Å²) in [4.78, 5) is 13.9. The molecule has 4 heterocycles. The van der Waals surface area contributed by atoms with Crippen molar-refractivity contribution in [2.24, 2.45) is 0 Å². The average Bonchev–Trinajstić information content (AvgIpc) is 2.74. The predicted octanol–water partition coefficient (Wildman–Crippen LogP) is 3.59. The van der Waals surface area contributed by atoms with Crippen LogP contribution in [0.25, 0.3) is 22.5 Å². The fourth-order valence-corrected chi connectivity index (χ4v) is 3.79. The van der Waals surface area contributed by atoms with E-state index in [1.807, 2.05) is 0 Å². The van der Waals surface area contributed by atoms with Crippen LogP contribution in [0, 0.1) is 35.9 Å². The molecular formula is C20H8F4N4O2PtS. The third-order valence-corrected chi connectivity index (χ3v) is 5.56. The molecule has 4 aromatic rings. The van der Waals surface area contributed by atoms with Crippen molar-refractivity contribution in [3.8, 4) is 22.5 Å². The van der Waals surface area contributed by atoms with E-state index in [-0.39, 0.29) is 43.6 Å². The van der Waals surface area contributed by atoms with Gasteiger partial charge in [-0.3, -0.25) is 19.9 Å². The van der Waals surface area contributed by atoms with Gasteiger partial charge >= 0.3 is 21.1 Å². The SMILES string of the molecule is O=S(=O)(c1cccc(-c2[c-]cc(F)nc2F)n1)c1cccc(-c2[c-]cc(F)nc2F)n1.[Pt+2]. The third kappa shape index (κ3) is 4.58. The molecule has 0 spiro atoms. The monoisotopic (exact) mass is 639 g/mol. The van der Waals surface area contributed by atoms with Crippen LogP contribution >= 0.6 is 0 Å². The Bertz CT molecular complexity index is 1320. The van der Waals surface area contributed by atoms with Crippen molar-refractivity contribution in [1.29, 1.82) is 0 Å². The summed E-state index contributed by atoms with van der Waals surface area (Å²) in [6.07, 6.45) is 0. The first-order chi connectivity index (χ1) is 14.8. The van der Waals surface area contributed by atoms with E-state index in [1.54, 1.807) is 0 Å². The molecule has 0 aliphatic carbocycles. The van der Waals surface area contributed by atoms with Gasteiger partial charge in [-0.05, 0) is 23.5 Å². The molecule has 32 heavy (non-hydrogen) atoms. The van der Waals surface area contributed by atoms with E-state index >= 15 is 0 Å². The number of halogens is 4. The summed E-state index contributed by atoms with van der Waals surface area (Å²) >= 11 is 0. The molecule has 0 aliphatic rings. The summed E-state index contributed by atoms with van der Waals surface area (Å²) in [5.41, 5.74) is -0.947. The van der Waals surface area contributed by atoms with Gasteiger partial charge in [-0.1, -0.05) is 47.5 Å². The Morgan fingerprint density at radius 1 is 0.656 bits per heavy atom. The van der Waals surface area contributed by atoms with Crippen LogP contribution in [0.1, 0.15) is 0 Å². The third-order valence-electron chi connectivity index (χ3n) is 4.00. The second kappa shape index (κ2) is 9.21. The van der Waals surface area contributed by atoms with E-state index in [4.69, 9.17) is 0 Å². The number of hydrogen-bond acceptors (Lipinski definition) is 6. The van der Waals surface area contributed by atoms with Gasteiger partial charge in [0.25, 0.3) is 0 Å². The maximum Gasteiger partial charge on any atom is 2.00 e. The maximum absolute atomic E-state index is 13.9. The van der Waals surface area contributed by atoms with Crippen LogP contribution in [0.5, 0.6) is 0 Å². The number of pyridine rings is 4. The van der Waals surface area contributed by atoms with Gasteiger partial charge in [0.2, 0.25) is 9.84 Å². The van der Waals surface area contributed by atoms with Crippen LogP contribution in [0.15, 0.2) is 58.6 Å². The van der Waals surface area contributed by atoms with E-state index in [0.29, 0.717) is 0 Å². The van der Waals surface area contributed by atoms with Gasteiger partial charge in [-0.25, -0.2) is 26.0 Å². The van der Waals surface area contributed by atoms with Gasteiger partial charge in [-0.15, -0.1) is 12.1 Å². The first-order valence-corrected chi connectivity index (χ1v) is 9.91. The van der Waals surface area contributed by atoms with E-state index in [0.717, 1.165) is 24.3 Å². The van der Waals surface area contributed by atoms with E-state index in [9.17, 15) is 26.0 Å². The van der Waals surface area contributed by atoms with Gasteiger partial charge < -0.3 is 0 Å². The van der Waals surface area contributed by atoms with E-state index in [2.05, 4.69) is 32.1 Å². The van der Waals surface area contributed by atoms with Crippen molar-refractivity contribution < 1.29 is 47.0 Å². The molecule has 0 fully saturated rings. The molecule has 4 rings (SSSR count). The minimum atomic E-state index is -4.33. The number of aromatic nitrogens is 4. The Balaban J connectivity index is 0.00000289. The zero-order valence-corrected chi connectivity index (χ0v) is 18.5.